The van der Waals surface area contributed by atoms with Crippen molar-refractivity contribution in [2.75, 3.05) is 6.54 Å². The molecule has 1 aromatic heterocycles. The standard InChI is InChI=1S/C24H24FN3O3/c1-15(21(16-7-3-2-4-8-16)17-9-5-10-18(25)13-17)19-11-6-12-28(19)24(31)22-23(30)20(29)14-26-27-22/h2-5,7-10,13-15,19,21H,6,11-12H2,1H3,(H,26,30)(H,27,29)/t15-,19-,21+/m0/s1. The van der Waals surface area contributed by atoms with Crippen molar-refractivity contribution in [3.05, 3.63) is 93.7 Å². The summed E-state index contributed by atoms with van der Waals surface area (Å²) in [6.45, 7) is 2.55. The first-order valence-corrected chi connectivity index (χ1v) is 10.4. The van der Waals surface area contributed by atoms with Crippen molar-refractivity contribution in [2.24, 2.45) is 5.92 Å². The van der Waals surface area contributed by atoms with Gasteiger partial charge in [-0.25, -0.2) is 4.39 Å². The van der Waals surface area contributed by atoms with Crippen molar-refractivity contribution >= 4 is 5.91 Å². The largest absolute Gasteiger partial charge is 0.503 e. The van der Waals surface area contributed by atoms with Crippen LogP contribution < -0.4 is 5.43 Å². The number of benzene rings is 2. The molecular formula is C24H24FN3O3. The number of carbonyl (C=O) groups is 1. The zero-order valence-corrected chi connectivity index (χ0v) is 17.2. The number of aromatic amines is 1. The molecule has 0 saturated carbocycles. The van der Waals surface area contributed by atoms with E-state index < -0.39 is 17.1 Å². The third kappa shape index (κ3) is 4.08. The fourth-order valence-corrected chi connectivity index (χ4v) is 4.65. The van der Waals surface area contributed by atoms with Crippen molar-refractivity contribution in [1.29, 1.82) is 0 Å². The number of rotatable bonds is 5. The molecule has 0 unspecified atom stereocenters. The first kappa shape index (κ1) is 20.8. The van der Waals surface area contributed by atoms with E-state index in [0.717, 1.165) is 30.2 Å². The minimum atomic E-state index is -0.785. The van der Waals surface area contributed by atoms with Crippen molar-refractivity contribution in [3.63, 3.8) is 0 Å². The quantitative estimate of drug-likeness (QED) is 0.658. The number of hydrogen-bond acceptors (Lipinski definition) is 4. The molecule has 2 heterocycles. The van der Waals surface area contributed by atoms with Crippen molar-refractivity contribution in [2.45, 2.75) is 31.7 Å². The third-order valence-electron chi connectivity index (χ3n) is 6.09. The summed E-state index contributed by atoms with van der Waals surface area (Å²) < 4.78 is 14.1. The minimum absolute atomic E-state index is 0.0490. The van der Waals surface area contributed by atoms with Crippen molar-refractivity contribution < 1.29 is 14.3 Å². The predicted octanol–water partition coefficient (Wildman–Crippen LogP) is 3.69. The Labute approximate surface area is 179 Å². The maximum absolute atomic E-state index is 14.1. The molecule has 0 spiro atoms. The maximum Gasteiger partial charge on any atom is 0.278 e. The van der Waals surface area contributed by atoms with Gasteiger partial charge in [0.15, 0.2) is 11.4 Å². The molecule has 1 aliphatic rings. The van der Waals surface area contributed by atoms with Crippen LogP contribution in [0.4, 0.5) is 4.39 Å². The van der Waals surface area contributed by atoms with Crippen LogP contribution in [0.2, 0.25) is 0 Å². The highest BCUT2D eigenvalue weighted by Gasteiger charge is 2.38. The van der Waals surface area contributed by atoms with Gasteiger partial charge >= 0.3 is 0 Å². The maximum atomic E-state index is 14.1. The van der Waals surface area contributed by atoms with Crippen LogP contribution in [-0.4, -0.2) is 38.7 Å². The molecule has 6 nitrogen and oxygen atoms in total. The Balaban J connectivity index is 1.71. The monoisotopic (exact) mass is 421 g/mol. The molecule has 3 atom stereocenters. The second-order valence-corrected chi connectivity index (χ2v) is 7.96. The molecule has 1 aliphatic heterocycles. The lowest BCUT2D eigenvalue weighted by Gasteiger charge is -2.35. The Morgan fingerprint density at radius 3 is 2.68 bits per heavy atom. The average Bonchev–Trinajstić information content (AvgIpc) is 3.26. The lowest BCUT2D eigenvalue weighted by Crippen LogP contribution is -2.43. The highest BCUT2D eigenvalue weighted by molar-refractivity contribution is 5.92. The highest BCUT2D eigenvalue weighted by Crippen LogP contribution is 2.39. The van der Waals surface area contributed by atoms with Gasteiger partial charge in [0.1, 0.15) is 5.82 Å². The molecule has 0 bridgehead atoms. The Bertz CT molecular complexity index is 1130. The van der Waals surface area contributed by atoms with Gasteiger partial charge in [-0.1, -0.05) is 49.4 Å². The van der Waals surface area contributed by atoms with Gasteiger partial charge in [0, 0.05) is 18.5 Å². The number of aromatic nitrogens is 2. The van der Waals surface area contributed by atoms with Crippen LogP contribution in [0.5, 0.6) is 5.75 Å². The number of H-pyrrole nitrogens is 1. The molecule has 160 valence electrons. The van der Waals surface area contributed by atoms with Gasteiger partial charge in [0.2, 0.25) is 0 Å². The van der Waals surface area contributed by atoms with Gasteiger partial charge in [-0.05, 0) is 42.0 Å². The summed E-state index contributed by atoms with van der Waals surface area (Å²) in [7, 11) is 0. The number of hydrogen-bond donors (Lipinski definition) is 2. The minimum Gasteiger partial charge on any atom is -0.503 e. The van der Waals surface area contributed by atoms with E-state index in [9.17, 15) is 19.1 Å². The van der Waals surface area contributed by atoms with E-state index in [0.29, 0.717) is 6.54 Å². The summed E-state index contributed by atoms with van der Waals surface area (Å²) >= 11 is 0. The molecule has 7 heteroatoms. The molecule has 0 radical (unpaired) electrons. The van der Waals surface area contributed by atoms with Gasteiger partial charge in [-0.3, -0.25) is 14.7 Å². The summed E-state index contributed by atoms with van der Waals surface area (Å²) in [6.07, 6.45) is 2.61. The Morgan fingerprint density at radius 2 is 1.94 bits per heavy atom. The van der Waals surface area contributed by atoms with Crippen LogP contribution >= 0.6 is 0 Å². The van der Waals surface area contributed by atoms with Crippen molar-refractivity contribution in [3.8, 4) is 5.75 Å². The summed E-state index contributed by atoms with van der Waals surface area (Å²) in [5, 5.41) is 15.9. The summed E-state index contributed by atoms with van der Waals surface area (Å²) in [4.78, 5) is 27.1. The van der Waals surface area contributed by atoms with Gasteiger partial charge in [-0.15, -0.1) is 0 Å². The second-order valence-electron chi connectivity index (χ2n) is 7.96. The Kier molecular flexibility index (Phi) is 5.84. The normalized spacial score (nSPS) is 18.0. The molecule has 1 amide bonds. The van der Waals surface area contributed by atoms with E-state index in [4.69, 9.17) is 0 Å². The number of halogens is 1. The molecular weight excluding hydrogens is 397 g/mol. The number of nitrogens with zero attached hydrogens (tertiary/aromatic N) is 2. The molecule has 2 aromatic carbocycles. The van der Waals surface area contributed by atoms with E-state index in [1.807, 2.05) is 36.4 Å². The predicted molar refractivity (Wildman–Crippen MR) is 114 cm³/mol. The van der Waals surface area contributed by atoms with E-state index in [2.05, 4.69) is 17.1 Å². The van der Waals surface area contributed by atoms with Crippen LogP contribution in [0.25, 0.3) is 0 Å². The zero-order valence-electron chi connectivity index (χ0n) is 17.2. The molecule has 4 rings (SSSR count). The van der Waals surface area contributed by atoms with Crippen LogP contribution in [0, 0.1) is 11.7 Å². The zero-order chi connectivity index (χ0) is 22.0. The van der Waals surface area contributed by atoms with Gasteiger partial charge in [-0.2, -0.15) is 5.10 Å². The third-order valence-corrected chi connectivity index (χ3v) is 6.09. The van der Waals surface area contributed by atoms with Crippen LogP contribution in [0.15, 0.2) is 65.6 Å². The van der Waals surface area contributed by atoms with Crippen LogP contribution in [-0.2, 0) is 0 Å². The number of carbonyl (C=O) groups excluding carboxylic acids is 1. The number of likely N-dealkylation sites (tertiary alicyclic amines) is 1. The van der Waals surface area contributed by atoms with E-state index in [1.165, 1.54) is 12.1 Å². The topological polar surface area (TPSA) is 86.3 Å². The lowest BCUT2D eigenvalue weighted by molar-refractivity contribution is 0.0677. The Morgan fingerprint density at radius 1 is 1.19 bits per heavy atom. The highest BCUT2D eigenvalue weighted by atomic mass is 19.1. The van der Waals surface area contributed by atoms with Gasteiger partial charge in [0.25, 0.3) is 11.3 Å². The second kappa shape index (κ2) is 8.71. The summed E-state index contributed by atoms with van der Waals surface area (Å²) in [5.74, 6) is -1.53. The number of nitrogens with one attached hydrogen (secondary N) is 1. The molecule has 1 fully saturated rings. The molecule has 0 aliphatic carbocycles. The van der Waals surface area contributed by atoms with Gasteiger partial charge in [0.05, 0.1) is 6.20 Å². The summed E-state index contributed by atoms with van der Waals surface area (Å²) in [5.41, 5.74) is 0.771. The van der Waals surface area contributed by atoms with E-state index >= 15 is 0 Å². The lowest BCUT2D eigenvalue weighted by atomic mass is 9.77. The summed E-state index contributed by atoms with van der Waals surface area (Å²) in [6, 6.07) is 16.2. The fraction of sp³-hybridized carbons (Fsp3) is 0.292. The van der Waals surface area contributed by atoms with E-state index in [-0.39, 0.29) is 29.4 Å². The number of aromatic hydroxyl groups is 1. The average molecular weight is 421 g/mol. The first-order chi connectivity index (χ1) is 15.0. The van der Waals surface area contributed by atoms with Crippen molar-refractivity contribution in [1.82, 2.24) is 15.1 Å². The van der Waals surface area contributed by atoms with Crippen LogP contribution in [0.1, 0.15) is 47.3 Å². The van der Waals surface area contributed by atoms with Gasteiger partial charge < -0.3 is 10.0 Å². The molecule has 31 heavy (non-hydrogen) atoms. The molecule has 1 saturated heterocycles. The SMILES string of the molecule is C[C@H]([C@H](c1ccccc1)c1cccc(F)c1)[C@@H]1CCCN1C(=O)c1n[nH]cc(O)c1=O. The Hall–Kier alpha value is -3.48. The first-order valence-electron chi connectivity index (χ1n) is 10.4. The van der Waals surface area contributed by atoms with E-state index in [1.54, 1.807) is 11.0 Å². The molecule has 2 N–H and O–H groups in total. The number of amides is 1. The molecule has 3 aromatic rings. The fourth-order valence-electron chi connectivity index (χ4n) is 4.65. The smallest absolute Gasteiger partial charge is 0.278 e. The van der Waals surface area contributed by atoms with Crippen LogP contribution in [0.3, 0.4) is 0 Å².